The van der Waals surface area contributed by atoms with E-state index >= 15 is 0 Å². The van der Waals surface area contributed by atoms with Gasteiger partial charge in [-0.25, -0.2) is 8.78 Å². The second kappa shape index (κ2) is 6.53. The highest BCUT2D eigenvalue weighted by Gasteiger charge is 2.29. The van der Waals surface area contributed by atoms with Crippen molar-refractivity contribution in [1.82, 2.24) is 5.32 Å². The molecule has 1 aliphatic heterocycles. The third-order valence-corrected chi connectivity index (χ3v) is 4.78. The average molecular weight is 271 g/mol. The van der Waals surface area contributed by atoms with Crippen molar-refractivity contribution in [2.24, 2.45) is 0 Å². The highest BCUT2D eigenvalue weighted by molar-refractivity contribution is 8.00. The van der Waals surface area contributed by atoms with E-state index in [1.165, 1.54) is 24.6 Å². The predicted molar refractivity (Wildman–Crippen MR) is 72.9 cm³/mol. The van der Waals surface area contributed by atoms with Crippen LogP contribution in [0.15, 0.2) is 18.2 Å². The standard InChI is InChI=1S/C14H19F2NS/c1-2-17-14(12-8-3-4-9-18-12)13-10(15)6-5-7-11(13)16/h5-7,12,14,17H,2-4,8-9H2,1H3. The molecule has 1 aromatic rings. The Morgan fingerprint density at radius 1 is 1.33 bits per heavy atom. The summed E-state index contributed by atoms with van der Waals surface area (Å²) < 4.78 is 27.8. The van der Waals surface area contributed by atoms with Crippen molar-refractivity contribution < 1.29 is 8.78 Å². The second-order valence-electron chi connectivity index (χ2n) is 4.58. The highest BCUT2D eigenvalue weighted by atomic mass is 32.2. The van der Waals surface area contributed by atoms with E-state index in [1.54, 1.807) is 0 Å². The normalized spacial score (nSPS) is 21.8. The Balaban J connectivity index is 2.28. The van der Waals surface area contributed by atoms with E-state index in [0.29, 0.717) is 0 Å². The summed E-state index contributed by atoms with van der Waals surface area (Å²) in [5, 5.41) is 3.52. The lowest BCUT2D eigenvalue weighted by atomic mass is 9.98. The van der Waals surface area contributed by atoms with Gasteiger partial charge in [0.15, 0.2) is 0 Å². The van der Waals surface area contributed by atoms with Crippen molar-refractivity contribution in [2.75, 3.05) is 12.3 Å². The van der Waals surface area contributed by atoms with Crippen LogP contribution in [0.25, 0.3) is 0 Å². The Morgan fingerprint density at radius 2 is 2.06 bits per heavy atom. The molecule has 0 aromatic heterocycles. The second-order valence-corrected chi connectivity index (χ2v) is 5.92. The lowest BCUT2D eigenvalue weighted by molar-refractivity contribution is 0.444. The minimum Gasteiger partial charge on any atom is -0.309 e. The summed E-state index contributed by atoms with van der Waals surface area (Å²) in [6, 6.07) is 3.89. The number of rotatable bonds is 4. The summed E-state index contributed by atoms with van der Waals surface area (Å²) >= 11 is 1.83. The van der Waals surface area contributed by atoms with Crippen molar-refractivity contribution in [3.63, 3.8) is 0 Å². The molecule has 1 aromatic carbocycles. The smallest absolute Gasteiger partial charge is 0.130 e. The van der Waals surface area contributed by atoms with Gasteiger partial charge in [0.1, 0.15) is 11.6 Å². The Hall–Kier alpha value is -0.610. The molecule has 0 amide bonds. The minimum atomic E-state index is -0.438. The maximum Gasteiger partial charge on any atom is 0.130 e. The third-order valence-electron chi connectivity index (χ3n) is 3.32. The van der Waals surface area contributed by atoms with Crippen LogP contribution >= 0.6 is 11.8 Å². The predicted octanol–water partition coefficient (Wildman–Crippen LogP) is 3.90. The SMILES string of the molecule is CCNC(c1c(F)cccc1F)C1CCCCS1. The Bertz CT molecular complexity index is 371. The van der Waals surface area contributed by atoms with Gasteiger partial charge in [0.2, 0.25) is 0 Å². The maximum absolute atomic E-state index is 13.9. The summed E-state index contributed by atoms with van der Waals surface area (Å²) in [6.07, 6.45) is 3.38. The van der Waals surface area contributed by atoms with Crippen LogP contribution in [-0.4, -0.2) is 17.5 Å². The molecular formula is C14H19F2NS. The molecule has 0 radical (unpaired) electrons. The van der Waals surface area contributed by atoms with Crippen molar-refractivity contribution >= 4 is 11.8 Å². The van der Waals surface area contributed by atoms with E-state index in [2.05, 4.69) is 5.32 Å². The van der Waals surface area contributed by atoms with Crippen LogP contribution in [0.5, 0.6) is 0 Å². The van der Waals surface area contributed by atoms with E-state index in [-0.39, 0.29) is 16.9 Å². The highest BCUT2D eigenvalue weighted by Crippen LogP contribution is 2.36. The zero-order valence-electron chi connectivity index (χ0n) is 10.6. The van der Waals surface area contributed by atoms with E-state index < -0.39 is 11.6 Å². The van der Waals surface area contributed by atoms with Crippen LogP contribution < -0.4 is 5.32 Å². The zero-order chi connectivity index (χ0) is 13.0. The van der Waals surface area contributed by atoms with Gasteiger partial charge >= 0.3 is 0 Å². The molecule has 1 fully saturated rings. The van der Waals surface area contributed by atoms with Crippen LogP contribution in [0.1, 0.15) is 37.8 Å². The Morgan fingerprint density at radius 3 is 2.61 bits per heavy atom. The Labute approximate surface area is 111 Å². The van der Waals surface area contributed by atoms with Crippen LogP contribution in [0, 0.1) is 11.6 Å². The topological polar surface area (TPSA) is 12.0 Å². The molecule has 1 aliphatic rings. The zero-order valence-corrected chi connectivity index (χ0v) is 11.4. The van der Waals surface area contributed by atoms with Crippen LogP contribution in [0.4, 0.5) is 8.78 Å². The molecular weight excluding hydrogens is 252 g/mol. The average Bonchev–Trinajstić information content (AvgIpc) is 2.38. The molecule has 4 heteroatoms. The summed E-state index contributed by atoms with van der Waals surface area (Å²) in [5.41, 5.74) is 0.207. The third kappa shape index (κ3) is 3.04. The fraction of sp³-hybridized carbons (Fsp3) is 0.571. The van der Waals surface area contributed by atoms with Crippen LogP contribution in [-0.2, 0) is 0 Å². The van der Waals surface area contributed by atoms with Gasteiger partial charge in [0.05, 0.1) is 0 Å². The van der Waals surface area contributed by atoms with Crippen molar-refractivity contribution in [2.45, 2.75) is 37.5 Å². The van der Waals surface area contributed by atoms with Gasteiger partial charge in [0, 0.05) is 16.9 Å². The van der Waals surface area contributed by atoms with Crippen molar-refractivity contribution in [1.29, 1.82) is 0 Å². The fourth-order valence-electron chi connectivity index (χ4n) is 2.48. The molecule has 0 spiro atoms. The van der Waals surface area contributed by atoms with E-state index in [9.17, 15) is 8.78 Å². The van der Waals surface area contributed by atoms with Gasteiger partial charge in [-0.05, 0) is 37.3 Å². The lowest BCUT2D eigenvalue weighted by Crippen LogP contribution is -2.33. The maximum atomic E-state index is 13.9. The van der Waals surface area contributed by atoms with Gasteiger partial charge in [-0.2, -0.15) is 11.8 Å². The number of benzene rings is 1. The van der Waals surface area contributed by atoms with Crippen LogP contribution in [0.2, 0.25) is 0 Å². The number of thioether (sulfide) groups is 1. The molecule has 0 saturated carbocycles. The van der Waals surface area contributed by atoms with E-state index in [0.717, 1.165) is 25.1 Å². The van der Waals surface area contributed by atoms with Crippen molar-refractivity contribution in [3.05, 3.63) is 35.4 Å². The number of hydrogen-bond acceptors (Lipinski definition) is 2. The number of hydrogen-bond donors (Lipinski definition) is 1. The van der Waals surface area contributed by atoms with E-state index in [1.807, 2.05) is 18.7 Å². The van der Waals surface area contributed by atoms with Gasteiger partial charge in [0.25, 0.3) is 0 Å². The molecule has 2 atom stereocenters. The Kier molecular flexibility index (Phi) is 5.01. The molecule has 18 heavy (non-hydrogen) atoms. The summed E-state index contributed by atoms with van der Waals surface area (Å²) in [6.45, 7) is 2.69. The first-order valence-corrected chi connectivity index (χ1v) is 7.57. The molecule has 100 valence electrons. The monoisotopic (exact) mass is 271 g/mol. The van der Waals surface area contributed by atoms with Crippen molar-refractivity contribution in [3.8, 4) is 0 Å². The lowest BCUT2D eigenvalue weighted by Gasteiger charge is -2.31. The summed E-state index contributed by atoms with van der Waals surface area (Å²) in [4.78, 5) is 0. The van der Waals surface area contributed by atoms with Gasteiger partial charge in [-0.3, -0.25) is 0 Å². The van der Waals surface area contributed by atoms with Gasteiger partial charge in [-0.15, -0.1) is 0 Å². The summed E-state index contributed by atoms with van der Waals surface area (Å²) in [7, 11) is 0. The molecule has 0 bridgehead atoms. The molecule has 2 unspecified atom stereocenters. The molecule has 1 saturated heterocycles. The largest absolute Gasteiger partial charge is 0.309 e. The molecule has 0 aliphatic carbocycles. The first kappa shape index (κ1) is 13.8. The minimum absolute atomic E-state index is 0.207. The fourth-order valence-corrected chi connectivity index (χ4v) is 3.91. The molecule has 2 rings (SSSR count). The number of halogens is 2. The molecule has 1 N–H and O–H groups in total. The first-order valence-electron chi connectivity index (χ1n) is 6.53. The quantitative estimate of drug-likeness (QED) is 0.891. The summed E-state index contributed by atoms with van der Waals surface area (Å²) in [5.74, 6) is 0.210. The van der Waals surface area contributed by atoms with E-state index in [4.69, 9.17) is 0 Å². The van der Waals surface area contributed by atoms with Crippen LogP contribution in [0.3, 0.4) is 0 Å². The van der Waals surface area contributed by atoms with Gasteiger partial charge in [-0.1, -0.05) is 19.4 Å². The van der Waals surface area contributed by atoms with Gasteiger partial charge < -0.3 is 5.32 Å². The molecule has 1 heterocycles. The molecule has 1 nitrogen and oxygen atoms in total. The first-order chi connectivity index (χ1) is 8.74. The number of nitrogens with one attached hydrogen (secondary N) is 1.